The maximum atomic E-state index is 14.5. The molecule has 0 spiro atoms. The molecule has 8 amide bonds. The van der Waals surface area contributed by atoms with Gasteiger partial charge < -0.3 is 62.5 Å². The molecule has 19 heteroatoms. The van der Waals surface area contributed by atoms with Crippen LogP contribution in [-0.4, -0.2) is 98.9 Å². The summed E-state index contributed by atoms with van der Waals surface area (Å²) in [5, 5.41) is 26.8. The third-order valence-electron chi connectivity index (χ3n) is 13.8. The third-order valence-corrected chi connectivity index (χ3v) is 13.8. The van der Waals surface area contributed by atoms with Crippen molar-refractivity contribution in [3.8, 4) is 22.8 Å². The van der Waals surface area contributed by atoms with Crippen LogP contribution >= 0.6 is 0 Å². The SMILES string of the molecule is CCCCNC(=O)[C@H](Cc1c(-c2[nH]c3ccccc3c2C[C@@H](NC(C)=O)NC(=O)N[C@@H](Cc2c(-c3[nH]c4ccccc4c3C[C@H](NC(C)=O)C(=O)NCCCC)[nH]c3ccccc23)NC(C)=O)[nH]c2ccccc12)NC(C)=O. The molecular weight excluding hydrogens is 989 g/mol. The Hall–Kier alpha value is -8.87. The number of para-hydroxylation sites is 4. The van der Waals surface area contributed by atoms with Gasteiger partial charge in [-0.1, -0.05) is 99.5 Å². The average molecular weight is 1060 g/mol. The van der Waals surface area contributed by atoms with E-state index in [-0.39, 0.29) is 49.3 Å². The summed E-state index contributed by atoms with van der Waals surface area (Å²) in [4.78, 5) is 107. The average Bonchev–Trinajstić information content (AvgIpc) is 4.25. The van der Waals surface area contributed by atoms with Gasteiger partial charge in [0.15, 0.2) is 0 Å². The normalized spacial score (nSPS) is 12.9. The number of unbranched alkanes of at least 4 members (excludes halogenated alkanes) is 2. The lowest BCUT2D eigenvalue weighted by atomic mass is 9.97. The van der Waals surface area contributed by atoms with E-state index in [1.54, 1.807) is 0 Å². The molecule has 4 atom stereocenters. The predicted molar refractivity (Wildman–Crippen MR) is 304 cm³/mol. The van der Waals surface area contributed by atoms with Crippen LogP contribution < -0.4 is 42.5 Å². The highest BCUT2D eigenvalue weighted by Crippen LogP contribution is 2.39. The number of carbonyl (C=O) groups excluding carboxylic acids is 7. The lowest BCUT2D eigenvalue weighted by Crippen LogP contribution is -2.57. The molecule has 8 rings (SSSR count). The van der Waals surface area contributed by atoms with E-state index in [2.05, 4.69) is 62.5 Å². The summed E-state index contributed by atoms with van der Waals surface area (Å²) in [6.45, 7) is 10.5. The molecule has 0 unspecified atom stereocenters. The zero-order valence-corrected chi connectivity index (χ0v) is 45.0. The number of benzene rings is 4. The van der Waals surface area contributed by atoms with E-state index < -0.39 is 42.3 Å². The van der Waals surface area contributed by atoms with Gasteiger partial charge in [0.05, 0.1) is 22.8 Å². The van der Waals surface area contributed by atoms with E-state index in [0.29, 0.717) is 35.9 Å². The molecule has 0 saturated carbocycles. The topological polar surface area (TPSA) is 279 Å². The monoisotopic (exact) mass is 1060 g/mol. The van der Waals surface area contributed by atoms with E-state index in [4.69, 9.17) is 0 Å². The number of carbonyl (C=O) groups is 7. The van der Waals surface area contributed by atoms with Crippen molar-refractivity contribution in [3.63, 3.8) is 0 Å². The Bertz CT molecular complexity index is 3270. The number of hydrogen-bond donors (Lipinski definition) is 12. The first-order valence-electron chi connectivity index (χ1n) is 26.7. The Morgan fingerprint density at radius 3 is 0.949 bits per heavy atom. The van der Waals surface area contributed by atoms with Gasteiger partial charge in [0.2, 0.25) is 35.4 Å². The molecule has 19 nitrogen and oxygen atoms in total. The third kappa shape index (κ3) is 13.2. The molecule has 0 aliphatic rings. The summed E-state index contributed by atoms with van der Waals surface area (Å²) in [6, 6.07) is 28.4. The minimum Gasteiger partial charge on any atom is -0.354 e. The number of nitrogens with one attached hydrogen (secondary N) is 12. The van der Waals surface area contributed by atoms with Crippen LogP contribution in [0.5, 0.6) is 0 Å². The molecule has 0 aliphatic heterocycles. The fourth-order valence-electron chi connectivity index (χ4n) is 10.4. The molecule has 0 fully saturated rings. The quantitative estimate of drug-likeness (QED) is 0.0225. The molecule has 0 aliphatic carbocycles. The van der Waals surface area contributed by atoms with Gasteiger partial charge in [-0.3, -0.25) is 28.8 Å². The van der Waals surface area contributed by atoms with Gasteiger partial charge in [-0.2, -0.15) is 0 Å². The zero-order valence-electron chi connectivity index (χ0n) is 45.0. The molecule has 4 aromatic heterocycles. The van der Waals surface area contributed by atoms with Crippen LogP contribution in [0.3, 0.4) is 0 Å². The van der Waals surface area contributed by atoms with E-state index in [1.807, 2.05) is 111 Å². The fraction of sp³-hybridized carbons (Fsp3) is 0.339. The largest absolute Gasteiger partial charge is 0.354 e. The zero-order chi connectivity index (χ0) is 55.5. The van der Waals surface area contributed by atoms with Crippen molar-refractivity contribution in [1.29, 1.82) is 0 Å². The van der Waals surface area contributed by atoms with Gasteiger partial charge in [-0.15, -0.1) is 0 Å². The summed E-state index contributed by atoms with van der Waals surface area (Å²) in [7, 11) is 0. The Morgan fingerprint density at radius 2 is 0.667 bits per heavy atom. The minimum atomic E-state index is -0.990. The van der Waals surface area contributed by atoms with Crippen molar-refractivity contribution in [1.82, 2.24) is 62.5 Å². The van der Waals surface area contributed by atoms with Crippen LogP contribution in [0.25, 0.3) is 66.4 Å². The van der Waals surface area contributed by atoms with Crippen LogP contribution in [0, 0.1) is 0 Å². The van der Waals surface area contributed by atoms with Crippen molar-refractivity contribution >= 4 is 85.1 Å². The minimum absolute atomic E-state index is 0.0877. The fourth-order valence-corrected chi connectivity index (χ4v) is 10.4. The summed E-state index contributed by atoms with van der Waals surface area (Å²) >= 11 is 0. The highest BCUT2D eigenvalue weighted by Gasteiger charge is 2.30. The number of fused-ring (bicyclic) bond motifs is 4. The number of aromatic nitrogens is 4. The van der Waals surface area contributed by atoms with Crippen molar-refractivity contribution in [3.05, 3.63) is 119 Å². The molecular formula is C59H70N12O7. The summed E-state index contributed by atoms with van der Waals surface area (Å²) in [6.07, 6.45) is 1.85. The molecule has 12 N–H and O–H groups in total. The molecule has 0 bridgehead atoms. The van der Waals surface area contributed by atoms with Gasteiger partial charge in [0, 0.05) is 110 Å². The Kier molecular flexibility index (Phi) is 18.0. The number of H-pyrrole nitrogens is 4. The number of aromatic amines is 4. The highest BCUT2D eigenvalue weighted by molar-refractivity contribution is 5.99. The Balaban J connectivity index is 1.12. The smallest absolute Gasteiger partial charge is 0.318 e. The Labute approximate surface area is 452 Å². The number of urea groups is 1. The standard InChI is InChI=1S/C59H70N12O7/c1-7-9-27-60-57(76)49(62-33(3)72)29-41-37-19-11-15-23-45(37)66-53(41)55-43(39-21-13-17-25-47(39)68-55)31-51(64-35(5)74)70-59(78)71-52(65-36(6)75)32-44-40-22-14-18-26-48(40)69-56(44)54-42(38-20-12-16-24-46(38)67-54)30-50(63-34(4)73)58(77)61-28-10-8-2/h11-26,49-52,66-69H,7-10,27-32H2,1-6H3,(H,60,76)(H,61,77)(H,62,72)(H,63,73)(H,64,74)(H,65,75)(H2,70,71,78)/t49-,50-,51-,52-/m0/s1. The predicted octanol–water partition coefficient (Wildman–Crippen LogP) is 6.88. The molecule has 4 aromatic carbocycles. The van der Waals surface area contributed by atoms with Crippen LogP contribution in [0.4, 0.5) is 4.79 Å². The molecule has 0 saturated heterocycles. The summed E-state index contributed by atoms with van der Waals surface area (Å²) < 4.78 is 0. The molecule has 8 aromatic rings. The maximum absolute atomic E-state index is 14.5. The first kappa shape index (κ1) is 55.4. The van der Waals surface area contributed by atoms with Crippen LogP contribution in [0.1, 0.15) is 89.5 Å². The van der Waals surface area contributed by atoms with E-state index in [1.165, 1.54) is 27.7 Å². The highest BCUT2D eigenvalue weighted by atomic mass is 16.2. The van der Waals surface area contributed by atoms with Gasteiger partial charge in [0.25, 0.3) is 0 Å². The van der Waals surface area contributed by atoms with E-state index in [9.17, 15) is 33.6 Å². The maximum Gasteiger partial charge on any atom is 0.318 e. The van der Waals surface area contributed by atoms with Crippen molar-refractivity contribution in [2.75, 3.05) is 13.1 Å². The number of amides is 8. The molecule has 4 heterocycles. The lowest BCUT2D eigenvalue weighted by molar-refractivity contribution is -0.128. The van der Waals surface area contributed by atoms with Crippen LogP contribution in [0.15, 0.2) is 97.1 Å². The molecule has 0 radical (unpaired) electrons. The van der Waals surface area contributed by atoms with Crippen LogP contribution in [-0.2, 0) is 54.5 Å². The van der Waals surface area contributed by atoms with Gasteiger partial charge in [-0.25, -0.2) is 4.79 Å². The van der Waals surface area contributed by atoms with Crippen LogP contribution in [0.2, 0.25) is 0 Å². The first-order chi connectivity index (χ1) is 37.6. The number of rotatable bonds is 24. The van der Waals surface area contributed by atoms with Gasteiger partial charge >= 0.3 is 6.03 Å². The van der Waals surface area contributed by atoms with Crippen molar-refractivity contribution in [2.45, 2.75) is 117 Å². The van der Waals surface area contributed by atoms with Crippen molar-refractivity contribution < 1.29 is 33.6 Å². The van der Waals surface area contributed by atoms with Crippen molar-refractivity contribution in [2.24, 2.45) is 0 Å². The lowest BCUT2D eigenvalue weighted by Gasteiger charge is -2.24. The first-order valence-corrected chi connectivity index (χ1v) is 26.7. The second-order valence-electron chi connectivity index (χ2n) is 19.8. The number of hydrogen-bond acceptors (Lipinski definition) is 7. The van der Waals surface area contributed by atoms with E-state index >= 15 is 0 Å². The van der Waals surface area contributed by atoms with Gasteiger partial charge in [-0.05, 0) is 59.4 Å². The molecule has 78 heavy (non-hydrogen) atoms. The second kappa shape index (κ2) is 25.3. The van der Waals surface area contributed by atoms with E-state index in [0.717, 1.165) is 91.5 Å². The Morgan fingerprint density at radius 1 is 0.385 bits per heavy atom. The van der Waals surface area contributed by atoms with Gasteiger partial charge in [0.1, 0.15) is 24.4 Å². The summed E-state index contributed by atoms with van der Waals surface area (Å²) in [5.41, 5.74) is 8.89. The summed E-state index contributed by atoms with van der Waals surface area (Å²) in [5.74, 6) is -2.11. The second-order valence-corrected chi connectivity index (χ2v) is 19.8. The molecule has 408 valence electrons.